The van der Waals surface area contributed by atoms with E-state index < -0.39 is 5.60 Å². The average molecular weight is 246 g/mol. The van der Waals surface area contributed by atoms with Gasteiger partial charge in [-0.25, -0.2) is 0 Å². The third kappa shape index (κ3) is 10.2. The molecule has 0 aliphatic carbocycles. The molecule has 3 N–H and O–H groups in total. The van der Waals surface area contributed by atoms with Gasteiger partial charge in [0.1, 0.15) is 0 Å². The minimum atomic E-state index is -0.837. The summed E-state index contributed by atoms with van der Waals surface area (Å²) in [6.07, 6.45) is 0.671. The van der Waals surface area contributed by atoms with Crippen molar-refractivity contribution in [1.82, 2.24) is 10.6 Å². The van der Waals surface area contributed by atoms with Crippen molar-refractivity contribution < 1.29 is 14.6 Å². The molecule has 17 heavy (non-hydrogen) atoms. The first-order valence-electron chi connectivity index (χ1n) is 6.06. The van der Waals surface area contributed by atoms with Crippen molar-refractivity contribution in [2.45, 2.75) is 32.8 Å². The van der Waals surface area contributed by atoms with E-state index in [4.69, 9.17) is 4.74 Å². The molecule has 0 fully saturated rings. The van der Waals surface area contributed by atoms with Gasteiger partial charge in [-0.2, -0.15) is 0 Å². The SMILES string of the molecule is COCCNCC(=O)NCC(C)(O)CC(C)C. The second-order valence-electron chi connectivity index (χ2n) is 5.04. The van der Waals surface area contributed by atoms with Crippen LogP contribution >= 0.6 is 0 Å². The first-order valence-corrected chi connectivity index (χ1v) is 6.06. The van der Waals surface area contributed by atoms with E-state index in [9.17, 15) is 9.90 Å². The Morgan fingerprint density at radius 2 is 2.12 bits per heavy atom. The lowest BCUT2D eigenvalue weighted by molar-refractivity contribution is -0.121. The van der Waals surface area contributed by atoms with Crippen LogP contribution < -0.4 is 10.6 Å². The molecule has 0 bridgehead atoms. The summed E-state index contributed by atoms with van der Waals surface area (Å²) in [5.41, 5.74) is -0.837. The van der Waals surface area contributed by atoms with Gasteiger partial charge in [0, 0.05) is 20.2 Å². The monoisotopic (exact) mass is 246 g/mol. The minimum absolute atomic E-state index is 0.106. The van der Waals surface area contributed by atoms with Crippen molar-refractivity contribution in [3.63, 3.8) is 0 Å². The summed E-state index contributed by atoms with van der Waals surface area (Å²) in [4.78, 5) is 11.4. The molecule has 1 atom stereocenters. The summed E-state index contributed by atoms with van der Waals surface area (Å²) in [6, 6.07) is 0. The van der Waals surface area contributed by atoms with Gasteiger partial charge in [0.25, 0.3) is 0 Å². The molecule has 1 amide bonds. The molecule has 0 aromatic rings. The lowest BCUT2D eigenvalue weighted by Crippen LogP contribution is -2.44. The van der Waals surface area contributed by atoms with E-state index in [-0.39, 0.29) is 19.0 Å². The molecule has 0 saturated carbocycles. The Morgan fingerprint density at radius 3 is 2.65 bits per heavy atom. The molecule has 0 heterocycles. The average Bonchev–Trinajstić information content (AvgIpc) is 2.20. The second kappa shape index (κ2) is 8.44. The summed E-state index contributed by atoms with van der Waals surface area (Å²) in [6.45, 7) is 7.60. The molecule has 0 aromatic heterocycles. The molecule has 1 unspecified atom stereocenters. The van der Waals surface area contributed by atoms with Gasteiger partial charge in [0.05, 0.1) is 18.8 Å². The fourth-order valence-corrected chi connectivity index (χ4v) is 1.68. The third-order valence-corrected chi connectivity index (χ3v) is 2.28. The minimum Gasteiger partial charge on any atom is -0.388 e. The maximum absolute atomic E-state index is 11.4. The summed E-state index contributed by atoms with van der Waals surface area (Å²) in [7, 11) is 1.62. The number of carbonyl (C=O) groups excluding carboxylic acids is 1. The van der Waals surface area contributed by atoms with Crippen LogP contribution in [0.3, 0.4) is 0 Å². The number of rotatable bonds is 9. The van der Waals surface area contributed by atoms with Crippen molar-refractivity contribution in [2.75, 3.05) is 33.4 Å². The summed E-state index contributed by atoms with van der Waals surface area (Å²) >= 11 is 0. The van der Waals surface area contributed by atoms with Crippen molar-refractivity contribution in [3.8, 4) is 0 Å². The lowest BCUT2D eigenvalue weighted by atomic mass is 9.94. The zero-order valence-corrected chi connectivity index (χ0v) is 11.4. The van der Waals surface area contributed by atoms with Crippen LogP contribution in [0.5, 0.6) is 0 Å². The number of aliphatic hydroxyl groups is 1. The highest BCUT2D eigenvalue weighted by Crippen LogP contribution is 2.14. The van der Waals surface area contributed by atoms with E-state index in [0.717, 1.165) is 0 Å². The van der Waals surface area contributed by atoms with Gasteiger partial charge in [0.2, 0.25) is 5.91 Å². The quantitative estimate of drug-likeness (QED) is 0.506. The number of hydrogen-bond donors (Lipinski definition) is 3. The van der Waals surface area contributed by atoms with E-state index in [2.05, 4.69) is 10.6 Å². The molecule has 0 rings (SSSR count). The normalized spacial score (nSPS) is 14.7. The molecule has 0 aliphatic heterocycles. The van der Waals surface area contributed by atoms with Crippen LogP contribution in [0.25, 0.3) is 0 Å². The fourth-order valence-electron chi connectivity index (χ4n) is 1.68. The Kier molecular flexibility index (Phi) is 8.12. The Bertz CT molecular complexity index is 218. The summed E-state index contributed by atoms with van der Waals surface area (Å²) in [5, 5.41) is 15.6. The number of methoxy groups -OCH3 is 1. The van der Waals surface area contributed by atoms with E-state index in [1.807, 2.05) is 13.8 Å². The zero-order chi connectivity index (χ0) is 13.3. The van der Waals surface area contributed by atoms with E-state index >= 15 is 0 Å². The van der Waals surface area contributed by atoms with Crippen molar-refractivity contribution in [3.05, 3.63) is 0 Å². The maximum atomic E-state index is 11.4. The standard InChI is InChI=1S/C12H26N2O3/c1-10(2)7-12(3,16)9-14-11(15)8-13-5-6-17-4/h10,13,16H,5-9H2,1-4H3,(H,14,15). The van der Waals surface area contributed by atoms with Gasteiger partial charge in [-0.05, 0) is 19.3 Å². The molecular weight excluding hydrogens is 220 g/mol. The maximum Gasteiger partial charge on any atom is 0.234 e. The van der Waals surface area contributed by atoms with Crippen LogP contribution in [0.4, 0.5) is 0 Å². The molecule has 5 nitrogen and oxygen atoms in total. The van der Waals surface area contributed by atoms with Crippen LogP contribution in [-0.4, -0.2) is 50.0 Å². The van der Waals surface area contributed by atoms with Crippen LogP contribution in [0.1, 0.15) is 27.2 Å². The van der Waals surface area contributed by atoms with Gasteiger partial charge in [-0.3, -0.25) is 4.79 Å². The molecule has 0 radical (unpaired) electrons. The van der Waals surface area contributed by atoms with Gasteiger partial charge in [0.15, 0.2) is 0 Å². The second-order valence-corrected chi connectivity index (χ2v) is 5.04. The van der Waals surface area contributed by atoms with Gasteiger partial charge >= 0.3 is 0 Å². The fraction of sp³-hybridized carbons (Fsp3) is 0.917. The number of hydrogen-bond acceptors (Lipinski definition) is 4. The first kappa shape index (κ1) is 16.4. The topological polar surface area (TPSA) is 70.6 Å². The van der Waals surface area contributed by atoms with Crippen LogP contribution in [0.2, 0.25) is 0 Å². The van der Waals surface area contributed by atoms with Crippen molar-refractivity contribution >= 4 is 5.91 Å². The van der Waals surface area contributed by atoms with Gasteiger partial charge in [-0.1, -0.05) is 13.8 Å². The highest BCUT2D eigenvalue weighted by Gasteiger charge is 2.22. The summed E-state index contributed by atoms with van der Waals surface area (Å²) < 4.78 is 4.85. The van der Waals surface area contributed by atoms with Gasteiger partial charge in [-0.15, -0.1) is 0 Å². The molecule has 0 aliphatic rings. The molecule has 0 spiro atoms. The first-order chi connectivity index (χ1) is 7.87. The summed E-state index contributed by atoms with van der Waals surface area (Å²) in [5.74, 6) is 0.298. The third-order valence-electron chi connectivity index (χ3n) is 2.28. The lowest BCUT2D eigenvalue weighted by Gasteiger charge is -2.25. The Balaban J connectivity index is 3.68. The molecule has 102 valence electrons. The van der Waals surface area contributed by atoms with Crippen LogP contribution in [0, 0.1) is 5.92 Å². The number of nitrogens with one attached hydrogen (secondary N) is 2. The van der Waals surface area contributed by atoms with Gasteiger partial charge < -0.3 is 20.5 Å². The highest BCUT2D eigenvalue weighted by molar-refractivity contribution is 5.78. The zero-order valence-electron chi connectivity index (χ0n) is 11.4. The highest BCUT2D eigenvalue weighted by atomic mass is 16.5. The van der Waals surface area contributed by atoms with E-state index in [1.54, 1.807) is 14.0 Å². The smallest absolute Gasteiger partial charge is 0.234 e. The van der Waals surface area contributed by atoms with Crippen molar-refractivity contribution in [1.29, 1.82) is 0 Å². The Morgan fingerprint density at radius 1 is 1.47 bits per heavy atom. The largest absolute Gasteiger partial charge is 0.388 e. The Labute approximate surface area is 104 Å². The van der Waals surface area contributed by atoms with Crippen LogP contribution in [0.15, 0.2) is 0 Å². The van der Waals surface area contributed by atoms with E-state index in [0.29, 0.717) is 25.5 Å². The molecule has 5 heteroatoms. The molecule has 0 aromatic carbocycles. The number of amides is 1. The van der Waals surface area contributed by atoms with Crippen molar-refractivity contribution in [2.24, 2.45) is 5.92 Å². The number of ether oxygens (including phenoxy) is 1. The predicted octanol–water partition coefficient (Wildman–Crippen LogP) is 0.136. The molecular formula is C12H26N2O3. The Hall–Kier alpha value is -0.650. The van der Waals surface area contributed by atoms with Crippen LogP contribution in [-0.2, 0) is 9.53 Å². The predicted molar refractivity (Wildman–Crippen MR) is 67.8 cm³/mol. The number of carbonyl (C=O) groups is 1. The van der Waals surface area contributed by atoms with E-state index in [1.165, 1.54) is 0 Å². The molecule has 0 saturated heterocycles.